The van der Waals surface area contributed by atoms with Gasteiger partial charge in [0.15, 0.2) is 5.13 Å². The van der Waals surface area contributed by atoms with Crippen molar-refractivity contribution in [2.75, 3.05) is 43.4 Å². The average Bonchev–Trinajstić information content (AvgIpc) is 3.25. The molecule has 0 radical (unpaired) electrons. The van der Waals surface area contributed by atoms with E-state index >= 15 is 0 Å². The van der Waals surface area contributed by atoms with Crippen LogP contribution < -0.4 is 10.2 Å². The van der Waals surface area contributed by atoms with Gasteiger partial charge in [0.25, 0.3) is 0 Å². The fraction of sp³-hybridized carbons (Fsp3) is 0.471. The number of hydrogen-bond acceptors (Lipinski definition) is 6. The molecule has 0 aliphatic carbocycles. The molecule has 6 nitrogen and oxygen atoms in total. The lowest BCUT2D eigenvalue weighted by Crippen LogP contribution is -2.37. The molecule has 24 heavy (non-hydrogen) atoms. The van der Waals surface area contributed by atoms with E-state index in [4.69, 9.17) is 0 Å². The Morgan fingerprint density at radius 1 is 1.46 bits per heavy atom. The van der Waals surface area contributed by atoms with Crippen molar-refractivity contribution in [1.82, 2.24) is 14.9 Å². The summed E-state index contributed by atoms with van der Waals surface area (Å²) >= 11 is 1.48. The molecule has 0 aromatic carbocycles. The molecule has 0 bridgehead atoms. The molecule has 0 spiro atoms. The van der Waals surface area contributed by atoms with Gasteiger partial charge in [-0.25, -0.2) is 9.97 Å². The number of pyridine rings is 1. The van der Waals surface area contributed by atoms with Gasteiger partial charge in [-0.05, 0) is 37.4 Å². The van der Waals surface area contributed by atoms with E-state index in [9.17, 15) is 4.79 Å². The minimum atomic E-state index is 0.0961. The Balaban J connectivity index is 1.43. The van der Waals surface area contributed by atoms with E-state index in [1.807, 2.05) is 24.6 Å². The highest BCUT2D eigenvalue weighted by Crippen LogP contribution is 2.19. The quantitative estimate of drug-likeness (QED) is 0.870. The van der Waals surface area contributed by atoms with Crippen molar-refractivity contribution in [3.05, 3.63) is 35.5 Å². The Bertz CT molecular complexity index is 658. The third kappa shape index (κ3) is 4.30. The zero-order valence-electron chi connectivity index (χ0n) is 14.1. The molecular weight excluding hydrogens is 322 g/mol. The Morgan fingerprint density at radius 2 is 2.33 bits per heavy atom. The van der Waals surface area contributed by atoms with Gasteiger partial charge in [-0.2, -0.15) is 0 Å². The summed E-state index contributed by atoms with van der Waals surface area (Å²) in [6, 6.07) is 4.07. The van der Waals surface area contributed by atoms with Crippen LogP contribution in [0.25, 0.3) is 0 Å². The molecule has 0 unspecified atom stereocenters. The molecule has 3 heterocycles. The number of carbonyl (C=O) groups excluding carboxylic acids is 1. The smallest absolute Gasteiger partial charge is 0.242 e. The molecule has 1 saturated heterocycles. The summed E-state index contributed by atoms with van der Waals surface area (Å²) in [5.41, 5.74) is 1.16. The molecule has 1 aliphatic rings. The van der Waals surface area contributed by atoms with Crippen LogP contribution >= 0.6 is 11.3 Å². The number of aryl methyl sites for hydroxylation is 1. The molecular formula is C17H23N5OS. The van der Waals surface area contributed by atoms with Crippen molar-refractivity contribution in [2.24, 2.45) is 5.92 Å². The largest absolute Gasteiger partial charge is 0.370 e. The van der Waals surface area contributed by atoms with Gasteiger partial charge in [0.1, 0.15) is 5.82 Å². The summed E-state index contributed by atoms with van der Waals surface area (Å²) in [4.78, 5) is 24.8. The van der Waals surface area contributed by atoms with Crippen LogP contribution in [0.3, 0.4) is 0 Å². The molecule has 1 amide bonds. The highest BCUT2D eigenvalue weighted by atomic mass is 32.1. The molecule has 1 fully saturated rings. The Hall–Kier alpha value is -1.99. The molecule has 1 N–H and O–H groups in total. The second-order valence-corrected chi connectivity index (χ2v) is 7.13. The first-order valence-electron chi connectivity index (χ1n) is 8.17. The van der Waals surface area contributed by atoms with Crippen molar-refractivity contribution in [1.29, 1.82) is 0 Å². The SMILES string of the molecule is Cc1ccc(NC[C@H]2CCN(CC(=O)N(C)c3nccs3)C2)nc1. The predicted molar refractivity (Wildman–Crippen MR) is 97.5 cm³/mol. The van der Waals surface area contributed by atoms with Crippen LogP contribution in [-0.2, 0) is 4.79 Å². The average molecular weight is 345 g/mol. The van der Waals surface area contributed by atoms with Crippen LogP contribution in [0.1, 0.15) is 12.0 Å². The van der Waals surface area contributed by atoms with Crippen LogP contribution in [0, 0.1) is 12.8 Å². The van der Waals surface area contributed by atoms with E-state index in [0.29, 0.717) is 12.5 Å². The third-order valence-electron chi connectivity index (χ3n) is 4.29. The van der Waals surface area contributed by atoms with Gasteiger partial charge in [0.2, 0.25) is 5.91 Å². The first kappa shape index (κ1) is 16.9. The normalized spacial score (nSPS) is 17.8. The second-order valence-electron chi connectivity index (χ2n) is 6.26. The Morgan fingerprint density at radius 3 is 3.04 bits per heavy atom. The topological polar surface area (TPSA) is 61.4 Å². The van der Waals surface area contributed by atoms with Crippen LogP contribution in [0.2, 0.25) is 0 Å². The molecule has 2 aromatic rings. The molecule has 128 valence electrons. The lowest BCUT2D eigenvalue weighted by molar-refractivity contribution is -0.119. The lowest BCUT2D eigenvalue weighted by atomic mass is 10.1. The number of hydrogen-bond donors (Lipinski definition) is 1. The molecule has 0 saturated carbocycles. The van der Waals surface area contributed by atoms with Crippen molar-refractivity contribution < 1.29 is 4.79 Å². The van der Waals surface area contributed by atoms with Crippen molar-refractivity contribution in [3.8, 4) is 0 Å². The zero-order valence-corrected chi connectivity index (χ0v) is 14.9. The number of anilines is 2. The number of likely N-dealkylation sites (N-methyl/N-ethyl adjacent to an activating group) is 1. The summed E-state index contributed by atoms with van der Waals surface area (Å²) in [5, 5.41) is 6.03. The van der Waals surface area contributed by atoms with Crippen molar-refractivity contribution >= 4 is 28.2 Å². The van der Waals surface area contributed by atoms with Crippen molar-refractivity contribution in [2.45, 2.75) is 13.3 Å². The van der Waals surface area contributed by atoms with Gasteiger partial charge in [-0.3, -0.25) is 14.6 Å². The maximum absolute atomic E-state index is 12.3. The van der Waals surface area contributed by atoms with Gasteiger partial charge in [0.05, 0.1) is 6.54 Å². The first-order chi connectivity index (χ1) is 11.6. The summed E-state index contributed by atoms with van der Waals surface area (Å²) in [5.74, 6) is 1.56. The summed E-state index contributed by atoms with van der Waals surface area (Å²) in [6.45, 7) is 5.28. The number of nitrogens with one attached hydrogen (secondary N) is 1. The maximum Gasteiger partial charge on any atom is 0.242 e. The highest BCUT2D eigenvalue weighted by Gasteiger charge is 2.25. The van der Waals surface area contributed by atoms with E-state index in [1.165, 1.54) is 11.3 Å². The van der Waals surface area contributed by atoms with E-state index in [2.05, 4.69) is 26.3 Å². The summed E-state index contributed by atoms with van der Waals surface area (Å²) in [7, 11) is 1.79. The number of rotatable bonds is 6. The van der Waals surface area contributed by atoms with E-state index < -0.39 is 0 Å². The van der Waals surface area contributed by atoms with Crippen molar-refractivity contribution in [3.63, 3.8) is 0 Å². The van der Waals surface area contributed by atoms with E-state index in [0.717, 1.165) is 42.6 Å². The minimum Gasteiger partial charge on any atom is -0.370 e. The molecule has 7 heteroatoms. The maximum atomic E-state index is 12.3. The van der Waals surface area contributed by atoms with Crippen LogP contribution in [0.4, 0.5) is 10.9 Å². The fourth-order valence-electron chi connectivity index (χ4n) is 2.83. The van der Waals surface area contributed by atoms with Crippen LogP contribution in [-0.4, -0.2) is 54.0 Å². The van der Waals surface area contributed by atoms with Crippen LogP contribution in [0.5, 0.6) is 0 Å². The summed E-state index contributed by atoms with van der Waals surface area (Å²) in [6.07, 6.45) is 4.70. The molecule has 1 aliphatic heterocycles. The second kappa shape index (κ2) is 7.72. The number of carbonyl (C=O) groups is 1. The molecule has 3 rings (SSSR count). The number of likely N-dealkylation sites (tertiary alicyclic amines) is 1. The number of thiazole rings is 1. The van der Waals surface area contributed by atoms with Gasteiger partial charge in [-0.1, -0.05) is 6.07 Å². The highest BCUT2D eigenvalue weighted by molar-refractivity contribution is 7.13. The number of aromatic nitrogens is 2. The fourth-order valence-corrected chi connectivity index (χ4v) is 3.46. The van der Waals surface area contributed by atoms with Gasteiger partial charge in [-0.15, -0.1) is 11.3 Å². The molecule has 1 atom stereocenters. The number of amides is 1. The summed E-state index contributed by atoms with van der Waals surface area (Å²) < 4.78 is 0. The third-order valence-corrected chi connectivity index (χ3v) is 5.14. The number of nitrogens with zero attached hydrogens (tertiary/aromatic N) is 4. The van der Waals surface area contributed by atoms with Gasteiger partial charge in [0, 0.05) is 37.9 Å². The standard InChI is InChI=1S/C17H23N5OS/c1-13-3-4-15(19-9-13)20-10-14-5-7-22(11-14)12-16(23)21(2)17-18-6-8-24-17/h3-4,6,8-9,14H,5,7,10-12H2,1-2H3,(H,19,20)/t14-/m1/s1. The predicted octanol–water partition coefficient (Wildman–Crippen LogP) is 2.24. The van der Waals surface area contributed by atoms with E-state index in [1.54, 1.807) is 18.1 Å². The van der Waals surface area contributed by atoms with E-state index in [-0.39, 0.29) is 5.91 Å². The lowest BCUT2D eigenvalue weighted by Gasteiger charge is -2.20. The Kier molecular flexibility index (Phi) is 5.42. The molecule has 2 aromatic heterocycles. The Labute approximate surface area is 146 Å². The van der Waals surface area contributed by atoms with Crippen LogP contribution in [0.15, 0.2) is 29.9 Å². The zero-order chi connectivity index (χ0) is 16.9. The van der Waals surface area contributed by atoms with Gasteiger partial charge >= 0.3 is 0 Å². The first-order valence-corrected chi connectivity index (χ1v) is 9.04. The monoisotopic (exact) mass is 345 g/mol. The van der Waals surface area contributed by atoms with Gasteiger partial charge < -0.3 is 5.32 Å². The minimum absolute atomic E-state index is 0.0961.